The minimum Gasteiger partial charge on any atom is -0.342 e. The molecule has 0 N–H and O–H groups in total. The second-order valence-electron chi connectivity index (χ2n) is 6.63. The van der Waals surface area contributed by atoms with E-state index in [1.54, 1.807) is 44.4 Å². The second kappa shape index (κ2) is 8.22. The Morgan fingerprint density at radius 1 is 1.19 bits per heavy atom. The summed E-state index contributed by atoms with van der Waals surface area (Å²) in [6, 6.07) is 6.56. The lowest BCUT2D eigenvalue weighted by molar-refractivity contribution is -0.145. The van der Waals surface area contributed by atoms with Gasteiger partial charge in [-0.15, -0.1) is 11.8 Å². The molecule has 27 heavy (non-hydrogen) atoms. The molecule has 0 radical (unpaired) electrons. The maximum Gasteiger partial charge on any atom is 0.264 e. The van der Waals surface area contributed by atoms with Crippen molar-refractivity contribution >= 4 is 31.7 Å². The van der Waals surface area contributed by atoms with Crippen LogP contribution in [0.2, 0.25) is 0 Å². The summed E-state index contributed by atoms with van der Waals surface area (Å²) >= 11 is 1.07. The zero-order valence-electron chi connectivity index (χ0n) is 15.8. The molecule has 10 heteroatoms. The first-order valence-corrected chi connectivity index (χ1v) is 12.6. The smallest absolute Gasteiger partial charge is 0.264 e. The Labute approximate surface area is 165 Å². The summed E-state index contributed by atoms with van der Waals surface area (Å²) in [6.07, 6.45) is 2.51. The molecule has 0 aromatic heterocycles. The zero-order chi connectivity index (χ0) is 20.5. The molecule has 1 aromatic rings. The van der Waals surface area contributed by atoms with Gasteiger partial charge in [0.25, 0.3) is 10.1 Å². The van der Waals surface area contributed by atoms with Gasteiger partial charge < -0.3 is 9.47 Å². The molecule has 1 heterocycles. The van der Waals surface area contributed by atoms with Crippen LogP contribution in [-0.2, 0) is 33.6 Å². The van der Waals surface area contributed by atoms with E-state index in [1.807, 2.05) is 6.92 Å². The van der Waals surface area contributed by atoms with Crippen LogP contribution in [0.5, 0.6) is 0 Å². The monoisotopic (exact) mass is 436 g/mol. The maximum atomic E-state index is 12.9. The van der Waals surface area contributed by atoms with Crippen molar-refractivity contribution in [1.29, 1.82) is 0 Å². The number of aryl methyl sites for hydroxylation is 1. The first kappa shape index (κ1) is 22.4. The first-order chi connectivity index (χ1) is 12.3. The molecule has 2 rings (SSSR count). The molecular weight excluding hydrogens is 412 g/mol. The van der Waals surface area contributed by atoms with E-state index in [-0.39, 0.29) is 15.7 Å². The molecule has 0 aliphatic carbocycles. The SMILES string of the molecule is CS/C(=C\[C@@H]1OC(C)(C)O[C@@H]1COS(C)(=O)=O)S(=O)(=O)c1ccc(C)cc1. The minimum absolute atomic E-state index is 0.0991. The fourth-order valence-corrected chi connectivity index (χ4v) is 5.42. The number of ether oxygens (including phenoxy) is 2. The fourth-order valence-electron chi connectivity index (χ4n) is 2.56. The van der Waals surface area contributed by atoms with Crippen LogP contribution in [0.25, 0.3) is 0 Å². The largest absolute Gasteiger partial charge is 0.342 e. The second-order valence-corrected chi connectivity index (χ2v) is 11.3. The third-order valence-electron chi connectivity index (χ3n) is 3.77. The van der Waals surface area contributed by atoms with E-state index in [4.69, 9.17) is 13.7 Å². The van der Waals surface area contributed by atoms with Crippen LogP contribution in [0.15, 0.2) is 39.5 Å². The van der Waals surface area contributed by atoms with Crippen molar-refractivity contribution in [2.45, 2.75) is 43.7 Å². The summed E-state index contributed by atoms with van der Waals surface area (Å²) in [5.74, 6) is -0.996. The Morgan fingerprint density at radius 3 is 2.30 bits per heavy atom. The molecule has 1 fully saturated rings. The van der Waals surface area contributed by atoms with Gasteiger partial charge in [-0.05, 0) is 45.2 Å². The van der Waals surface area contributed by atoms with Crippen LogP contribution < -0.4 is 0 Å². The molecule has 1 aliphatic rings. The predicted molar refractivity (Wildman–Crippen MR) is 105 cm³/mol. The van der Waals surface area contributed by atoms with Crippen LogP contribution in [0.1, 0.15) is 19.4 Å². The van der Waals surface area contributed by atoms with Gasteiger partial charge in [0.15, 0.2) is 5.79 Å². The van der Waals surface area contributed by atoms with Gasteiger partial charge >= 0.3 is 0 Å². The number of hydrogen-bond acceptors (Lipinski definition) is 8. The summed E-state index contributed by atoms with van der Waals surface area (Å²) in [5.41, 5.74) is 0.955. The van der Waals surface area contributed by atoms with Gasteiger partial charge in [0.05, 0.1) is 17.8 Å². The van der Waals surface area contributed by atoms with Crippen molar-refractivity contribution in [1.82, 2.24) is 0 Å². The van der Waals surface area contributed by atoms with Crippen LogP contribution in [0.4, 0.5) is 0 Å². The predicted octanol–water partition coefficient (Wildman–Crippen LogP) is 2.47. The van der Waals surface area contributed by atoms with E-state index in [9.17, 15) is 16.8 Å². The average Bonchev–Trinajstić information content (AvgIpc) is 2.84. The van der Waals surface area contributed by atoms with Gasteiger partial charge in [-0.25, -0.2) is 8.42 Å². The highest BCUT2D eigenvalue weighted by Gasteiger charge is 2.41. The lowest BCUT2D eigenvalue weighted by atomic mass is 10.2. The van der Waals surface area contributed by atoms with Crippen LogP contribution in [0, 0.1) is 6.92 Å². The fraction of sp³-hybridized carbons (Fsp3) is 0.529. The number of hydrogen-bond donors (Lipinski definition) is 0. The molecule has 1 aromatic carbocycles. The number of sulfone groups is 1. The summed E-state index contributed by atoms with van der Waals surface area (Å²) in [7, 11) is -7.39. The number of thioether (sulfide) groups is 1. The van der Waals surface area contributed by atoms with Crippen molar-refractivity contribution in [2.24, 2.45) is 0 Å². The van der Waals surface area contributed by atoms with Crippen molar-refractivity contribution < 1.29 is 30.5 Å². The quantitative estimate of drug-likeness (QED) is 0.602. The molecule has 0 bridgehead atoms. The van der Waals surface area contributed by atoms with Gasteiger partial charge in [0.2, 0.25) is 9.84 Å². The molecule has 1 aliphatic heterocycles. The summed E-state index contributed by atoms with van der Waals surface area (Å²) < 4.78 is 64.8. The van der Waals surface area contributed by atoms with Gasteiger partial charge in [0.1, 0.15) is 16.4 Å². The van der Waals surface area contributed by atoms with Gasteiger partial charge in [-0.2, -0.15) is 8.42 Å². The van der Waals surface area contributed by atoms with Crippen molar-refractivity contribution in [2.75, 3.05) is 19.1 Å². The Balaban J connectivity index is 2.34. The minimum atomic E-state index is -3.73. The van der Waals surface area contributed by atoms with Crippen molar-refractivity contribution in [3.8, 4) is 0 Å². The van der Waals surface area contributed by atoms with E-state index in [1.165, 1.54) is 6.08 Å². The topological polar surface area (TPSA) is 96.0 Å². The van der Waals surface area contributed by atoms with E-state index in [2.05, 4.69) is 0 Å². The van der Waals surface area contributed by atoms with E-state index in [0.717, 1.165) is 23.6 Å². The van der Waals surface area contributed by atoms with Crippen molar-refractivity contribution in [3.63, 3.8) is 0 Å². The summed E-state index contributed by atoms with van der Waals surface area (Å²) in [4.78, 5) is 0.177. The Bertz CT molecular complexity index is 900. The maximum absolute atomic E-state index is 12.9. The van der Waals surface area contributed by atoms with Gasteiger partial charge in [-0.1, -0.05) is 17.7 Å². The highest BCUT2D eigenvalue weighted by Crippen LogP contribution is 2.34. The van der Waals surface area contributed by atoms with E-state index in [0.29, 0.717) is 0 Å². The van der Waals surface area contributed by atoms with Crippen LogP contribution >= 0.6 is 11.8 Å². The van der Waals surface area contributed by atoms with Gasteiger partial charge in [0, 0.05) is 0 Å². The summed E-state index contributed by atoms with van der Waals surface area (Å²) in [5, 5.41) is 0. The molecule has 0 saturated carbocycles. The van der Waals surface area contributed by atoms with Gasteiger partial charge in [-0.3, -0.25) is 4.18 Å². The highest BCUT2D eigenvalue weighted by atomic mass is 32.3. The molecule has 152 valence electrons. The lowest BCUT2D eigenvalue weighted by Crippen LogP contribution is -2.28. The highest BCUT2D eigenvalue weighted by molar-refractivity contribution is 8.18. The molecule has 7 nitrogen and oxygen atoms in total. The van der Waals surface area contributed by atoms with Crippen LogP contribution in [-0.4, -0.2) is 53.9 Å². The Hall–Kier alpha value is -0.910. The number of rotatable bonds is 7. The molecule has 0 amide bonds. The van der Waals surface area contributed by atoms with Crippen molar-refractivity contribution in [3.05, 3.63) is 40.1 Å². The lowest BCUT2D eigenvalue weighted by Gasteiger charge is -2.16. The Kier molecular flexibility index (Phi) is 6.81. The molecule has 2 atom stereocenters. The third-order valence-corrected chi connectivity index (χ3v) is 7.59. The molecular formula is C17H24O7S3. The van der Waals surface area contributed by atoms with E-state index < -0.39 is 38.0 Å². The molecule has 0 spiro atoms. The standard InChI is InChI=1S/C17H24O7S3/c1-12-6-8-13(9-7-12)27(20,21)16(25-4)10-14-15(11-22-26(5,18)19)24-17(2,3)23-14/h6-10,14-15H,11H2,1-5H3/b16-10+/t14-,15+/m0/s1. The normalized spacial score (nSPS) is 23.5. The zero-order valence-corrected chi connectivity index (χ0v) is 18.3. The third kappa shape index (κ3) is 6.03. The first-order valence-electron chi connectivity index (χ1n) is 8.12. The molecule has 1 saturated heterocycles. The Morgan fingerprint density at radius 2 is 1.78 bits per heavy atom. The molecule has 0 unspecified atom stereocenters. The van der Waals surface area contributed by atoms with E-state index >= 15 is 0 Å². The average molecular weight is 437 g/mol. The summed E-state index contributed by atoms with van der Waals surface area (Å²) in [6.45, 7) is 4.94. The van der Waals surface area contributed by atoms with Crippen LogP contribution in [0.3, 0.4) is 0 Å². The number of benzene rings is 1.